The van der Waals surface area contributed by atoms with E-state index < -0.39 is 17.7 Å². The lowest BCUT2D eigenvalue weighted by Crippen LogP contribution is -2.47. The maximum atomic E-state index is 12.5. The van der Waals surface area contributed by atoms with E-state index in [2.05, 4.69) is 71.5 Å². The molecule has 4 heterocycles. The highest BCUT2D eigenvalue weighted by Crippen LogP contribution is 2.26. The van der Waals surface area contributed by atoms with Gasteiger partial charge in [-0.15, -0.1) is 0 Å². The van der Waals surface area contributed by atoms with Crippen molar-refractivity contribution in [3.8, 4) is 35.8 Å². The molecule has 16 nitrogen and oxygen atoms in total. The van der Waals surface area contributed by atoms with Crippen molar-refractivity contribution in [2.45, 2.75) is 90.7 Å². The third-order valence-corrected chi connectivity index (χ3v) is 10.3. The third kappa shape index (κ3) is 15.4. The van der Waals surface area contributed by atoms with Crippen molar-refractivity contribution in [2.75, 3.05) is 66.7 Å². The van der Waals surface area contributed by atoms with E-state index in [4.69, 9.17) is 31.0 Å². The van der Waals surface area contributed by atoms with Gasteiger partial charge in [-0.25, -0.2) is 14.8 Å². The summed E-state index contributed by atoms with van der Waals surface area (Å²) in [4.78, 5) is 48.7. The van der Waals surface area contributed by atoms with Gasteiger partial charge < -0.3 is 36.2 Å². The second kappa shape index (κ2) is 24.4. The Bertz CT molecular complexity index is 2450. The van der Waals surface area contributed by atoms with Gasteiger partial charge >= 0.3 is 6.09 Å². The molecule has 0 bridgehead atoms. The average Bonchev–Trinajstić information content (AvgIpc) is 4.06. The Kier molecular flexibility index (Phi) is 18.3. The number of nitrogens with zero attached hydrogens (tertiary/aromatic N) is 9. The summed E-state index contributed by atoms with van der Waals surface area (Å²) >= 11 is 0. The van der Waals surface area contributed by atoms with Crippen LogP contribution in [0.4, 0.5) is 39.7 Å². The largest absolute Gasteiger partial charge is 0.444 e. The van der Waals surface area contributed by atoms with Crippen molar-refractivity contribution in [1.29, 1.82) is 10.5 Å². The number of carbonyl (C=O) groups is 2. The summed E-state index contributed by atoms with van der Waals surface area (Å²) in [6.07, 6.45) is 10.5. The van der Waals surface area contributed by atoms with Crippen LogP contribution in [-0.2, 0) is 9.53 Å². The maximum Gasteiger partial charge on any atom is 0.410 e. The minimum Gasteiger partial charge on any atom is -0.444 e. The van der Waals surface area contributed by atoms with E-state index in [0.29, 0.717) is 49.0 Å². The molecule has 0 aliphatic carbocycles. The summed E-state index contributed by atoms with van der Waals surface area (Å²) in [5.41, 5.74) is 9.38. The Labute approximate surface area is 390 Å². The number of amides is 2. The van der Waals surface area contributed by atoms with Crippen LogP contribution in [-0.4, -0.2) is 94.8 Å². The second-order valence-electron chi connectivity index (χ2n) is 16.5. The van der Waals surface area contributed by atoms with Crippen LogP contribution in [0.15, 0.2) is 60.9 Å². The highest BCUT2D eigenvalue weighted by molar-refractivity contribution is 5.85. The Morgan fingerprint density at radius 2 is 1.23 bits per heavy atom. The standard InChI is InChI=1S/C29H37N7O3.C20H22N6.5H2/c1-21(35(5)28(38)39-29(2,3)4)26(37)31-16-8-6-7-11-23-20-32-27(34-25(23)36-17-9-10-18-36)33-24-14-12-22(19-30)13-15-24;21-11-3-1-2-6-17-15-23-20(25-19(17)26-12-4-5-13-26)24-18-9-7-16(14-22)8-10-18;;;;;/h12-15,20-21H,6,8-10,16-18H2,1-5H3,(H,31,37)(H,32,33,34);7-10,15H,1,3-5,11-13,21H2,(H,23,24,25);5*1H/t21-;;;;;;/m0....../s1. The molecule has 2 amide bonds. The molecular formula is C49H69N13O3. The van der Waals surface area contributed by atoms with Crippen molar-refractivity contribution in [1.82, 2.24) is 30.2 Å². The Balaban J connectivity index is 0.00000135. The quantitative estimate of drug-likeness (QED) is 0.0736. The zero-order chi connectivity index (χ0) is 46.6. The number of carbonyl (C=O) groups excluding carboxylic acids is 2. The molecule has 0 spiro atoms. The molecule has 4 aromatic rings. The number of likely N-dealkylation sites (N-methyl/N-ethyl adjacent to an activating group) is 1. The van der Waals surface area contributed by atoms with E-state index in [1.165, 1.54) is 17.7 Å². The van der Waals surface area contributed by atoms with E-state index in [9.17, 15) is 9.59 Å². The van der Waals surface area contributed by atoms with Gasteiger partial charge in [0.1, 0.15) is 23.3 Å². The summed E-state index contributed by atoms with van der Waals surface area (Å²) < 4.78 is 5.32. The molecule has 6 rings (SSSR count). The van der Waals surface area contributed by atoms with Gasteiger partial charge in [-0.05, 0) is 121 Å². The van der Waals surface area contributed by atoms with Crippen LogP contribution in [0.25, 0.3) is 0 Å². The molecule has 2 aliphatic rings. The van der Waals surface area contributed by atoms with Crippen LogP contribution in [0.2, 0.25) is 0 Å². The molecular weight excluding hydrogens is 819 g/mol. The molecule has 2 fully saturated rings. The Morgan fingerprint density at radius 1 is 0.785 bits per heavy atom. The summed E-state index contributed by atoms with van der Waals surface area (Å²) in [5, 5.41) is 27.1. The number of nitrogens with one attached hydrogen (secondary N) is 3. The fourth-order valence-corrected chi connectivity index (χ4v) is 6.61. The number of nitrogens with two attached hydrogens (primary N) is 1. The van der Waals surface area contributed by atoms with E-state index in [1.807, 2.05) is 24.3 Å². The molecule has 1 atom stereocenters. The van der Waals surface area contributed by atoms with Crippen molar-refractivity contribution < 1.29 is 21.5 Å². The van der Waals surface area contributed by atoms with Crippen LogP contribution in [0.1, 0.15) is 108 Å². The summed E-state index contributed by atoms with van der Waals surface area (Å²) in [6, 6.07) is 17.9. The first-order valence-electron chi connectivity index (χ1n) is 22.1. The predicted molar refractivity (Wildman–Crippen MR) is 264 cm³/mol. The van der Waals surface area contributed by atoms with E-state index in [-0.39, 0.29) is 13.0 Å². The maximum absolute atomic E-state index is 12.5. The molecule has 16 heteroatoms. The molecule has 65 heavy (non-hydrogen) atoms. The van der Waals surface area contributed by atoms with E-state index >= 15 is 0 Å². The molecule has 2 aromatic carbocycles. The Morgan fingerprint density at radius 3 is 1.65 bits per heavy atom. The lowest BCUT2D eigenvalue weighted by molar-refractivity contribution is -0.125. The first-order chi connectivity index (χ1) is 31.4. The van der Waals surface area contributed by atoms with Gasteiger partial charge in [0, 0.05) is 71.1 Å². The first-order valence-corrected chi connectivity index (χ1v) is 22.1. The highest BCUT2D eigenvalue weighted by Gasteiger charge is 2.27. The molecule has 2 saturated heterocycles. The summed E-state index contributed by atoms with van der Waals surface area (Å²) in [7, 11) is 1.55. The van der Waals surface area contributed by atoms with Gasteiger partial charge in [0.25, 0.3) is 0 Å². The van der Waals surface area contributed by atoms with Gasteiger partial charge in [0.2, 0.25) is 17.8 Å². The minimum atomic E-state index is -0.650. The lowest BCUT2D eigenvalue weighted by Gasteiger charge is -2.28. The number of ether oxygens (including phenoxy) is 1. The van der Waals surface area contributed by atoms with Crippen LogP contribution < -0.4 is 31.5 Å². The molecule has 0 radical (unpaired) electrons. The number of rotatable bonds is 13. The number of nitriles is 2. The SMILES string of the molecule is C[C@@H](C(=O)NCCCC#Cc1cnc(Nc2ccc(C#N)cc2)nc1N1CCCC1)N(C)C(=O)OC(C)(C)C.N#Cc1ccc(Nc2ncc(C#CCCCN)c(N3CCCC3)n2)cc1.[HH].[HH].[HH].[HH].[HH]. The van der Waals surface area contributed by atoms with Crippen LogP contribution in [0.3, 0.4) is 0 Å². The van der Waals surface area contributed by atoms with Crippen LogP contribution in [0.5, 0.6) is 0 Å². The molecule has 0 unspecified atom stereocenters. The number of unbranched alkanes of at least 4 members (excludes halogenated alkanes) is 2. The number of hydrogen-bond donors (Lipinski definition) is 4. The van der Waals surface area contributed by atoms with Crippen molar-refractivity contribution in [3.05, 3.63) is 83.2 Å². The smallest absolute Gasteiger partial charge is 0.410 e. The van der Waals surface area contributed by atoms with Gasteiger partial charge in [-0.2, -0.15) is 20.5 Å². The second-order valence-corrected chi connectivity index (χ2v) is 16.5. The number of anilines is 6. The normalized spacial score (nSPS) is 13.3. The van der Waals surface area contributed by atoms with Crippen molar-refractivity contribution in [3.63, 3.8) is 0 Å². The number of hydrogen-bond acceptors (Lipinski definition) is 14. The zero-order valence-corrected chi connectivity index (χ0v) is 38.1. The summed E-state index contributed by atoms with van der Waals surface area (Å²) in [6.45, 7) is 11.9. The topological polar surface area (TPSA) is 214 Å². The highest BCUT2D eigenvalue weighted by atomic mass is 16.6. The van der Waals surface area contributed by atoms with Gasteiger partial charge in [-0.3, -0.25) is 9.69 Å². The number of benzene rings is 2. The van der Waals surface area contributed by atoms with E-state index in [0.717, 1.165) is 86.0 Å². The Hall–Kier alpha value is -7.40. The molecule has 5 N–H and O–H groups in total. The van der Waals surface area contributed by atoms with E-state index in [1.54, 1.807) is 71.4 Å². The van der Waals surface area contributed by atoms with Gasteiger partial charge in [0.05, 0.1) is 46.8 Å². The van der Waals surface area contributed by atoms with Crippen molar-refractivity contribution >= 4 is 46.9 Å². The summed E-state index contributed by atoms with van der Waals surface area (Å²) in [5.74, 6) is 15.2. The lowest BCUT2D eigenvalue weighted by atomic mass is 10.2. The average molecular weight is 888 g/mol. The molecule has 2 aromatic heterocycles. The monoisotopic (exact) mass is 888 g/mol. The third-order valence-electron chi connectivity index (χ3n) is 10.3. The van der Waals surface area contributed by atoms with Gasteiger partial charge in [-0.1, -0.05) is 23.7 Å². The van der Waals surface area contributed by atoms with Crippen LogP contribution >= 0.6 is 0 Å². The predicted octanol–water partition coefficient (Wildman–Crippen LogP) is 8.21. The molecule has 348 valence electrons. The van der Waals surface area contributed by atoms with Gasteiger partial charge in [0.15, 0.2) is 0 Å². The van der Waals surface area contributed by atoms with Crippen LogP contribution in [0, 0.1) is 46.3 Å². The minimum absolute atomic E-state index is 0. The first kappa shape index (κ1) is 48.6. The number of aromatic nitrogens is 4. The molecule has 2 aliphatic heterocycles. The molecule has 0 saturated carbocycles. The zero-order valence-electron chi connectivity index (χ0n) is 38.1. The van der Waals surface area contributed by atoms with Crippen molar-refractivity contribution in [2.24, 2.45) is 5.73 Å². The fraction of sp³-hybridized carbons (Fsp3) is 0.429. The fourth-order valence-electron chi connectivity index (χ4n) is 6.61.